The largest absolute Gasteiger partial charge is 0.492 e. The highest BCUT2D eigenvalue weighted by Gasteiger charge is 2.48. The van der Waals surface area contributed by atoms with Crippen LogP contribution in [0.15, 0.2) is 48.5 Å². The van der Waals surface area contributed by atoms with E-state index in [2.05, 4.69) is 5.32 Å². The first-order chi connectivity index (χ1) is 11.9. The summed E-state index contributed by atoms with van der Waals surface area (Å²) in [5, 5.41) is 3.41. The Labute approximate surface area is 151 Å². The van der Waals surface area contributed by atoms with E-state index in [4.69, 9.17) is 16.3 Å². The molecule has 0 bridgehead atoms. The summed E-state index contributed by atoms with van der Waals surface area (Å²) in [4.78, 5) is 26.2. The smallest absolute Gasteiger partial charge is 0.325 e. The number of aryl methyl sites for hydroxylation is 1. The molecule has 5 nitrogen and oxygen atoms in total. The topological polar surface area (TPSA) is 58.6 Å². The van der Waals surface area contributed by atoms with E-state index in [-0.39, 0.29) is 19.1 Å². The molecule has 2 aromatic rings. The van der Waals surface area contributed by atoms with Crippen molar-refractivity contribution >= 4 is 23.5 Å². The number of rotatable bonds is 5. The van der Waals surface area contributed by atoms with Crippen LogP contribution >= 0.6 is 11.6 Å². The third kappa shape index (κ3) is 3.46. The van der Waals surface area contributed by atoms with Crippen LogP contribution in [0.1, 0.15) is 18.1 Å². The second-order valence-corrected chi connectivity index (χ2v) is 6.62. The van der Waals surface area contributed by atoms with Gasteiger partial charge in [-0.1, -0.05) is 41.4 Å². The Balaban J connectivity index is 1.66. The molecule has 1 N–H and O–H groups in total. The number of urea groups is 1. The van der Waals surface area contributed by atoms with Crippen LogP contribution in [0.5, 0.6) is 5.75 Å². The minimum atomic E-state index is -1.05. The molecule has 25 heavy (non-hydrogen) atoms. The molecule has 0 saturated carbocycles. The Hall–Kier alpha value is -2.53. The number of hydrogen-bond donors (Lipinski definition) is 1. The van der Waals surface area contributed by atoms with Gasteiger partial charge in [-0.15, -0.1) is 0 Å². The predicted octanol–water partition coefficient (Wildman–Crippen LogP) is 3.49. The molecule has 3 rings (SSSR count). The lowest BCUT2D eigenvalue weighted by atomic mass is 9.91. The van der Waals surface area contributed by atoms with Crippen LogP contribution in [0.3, 0.4) is 0 Å². The average molecular weight is 359 g/mol. The molecular formula is C19H19ClN2O3. The lowest BCUT2D eigenvalue weighted by Gasteiger charge is -2.22. The molecular weight excluding hydrogens is 340 g/mol. The van der Waals surface area contributed by atoms with E-state index in [9.17, 15) is 9.59 Å². The van der Waals surface area contributed by atoms with Gasteiger partial charge < -0.3 is 10.1 Å². The molecule has 0 unspecified atom stereocenters. The summed E-state index contributed by atoms with van der Waals surface area (Å²) >= 11 is 5.83. The third-order valence-corrected chi connectivity index (χ3v) is 4.55. The number of halogens is 1. The summed E-state index contributed by atoms with van der Waals surface area (Å²) in [5.74, 6) is 0.360. The van der Waals surface area contributed by atoms with Gasteiger partial charge in [0.15, 0.2) is 0 Å². The maximum absolute atomic E-state index is 12.8. The summed E-state index contributed by atoms with van der Waals surface area (Å²) < 4.78 is 5.58. The molecule has 1 aliphatic rings. The van der Waals surface area contributed by atoms with Crippen molar-refractivity contribution in [1.29, 1.82) is 0 Å². The van der Waals surface area contributed by atoms with Crippen LogP contribution in [0.4, 0.5) is 4.79 Å². The molecule has 0 spiro atoms. The average Bonchev–Trinajstić information content (AvgIpc) is 2.81. The molecule has 1 saturated heterocycles. The van der Waals surface area contributed by atoms with Gasteiger partial charge in [0, 0.05) is 5.02 Å². The Morgan fingerprint density at radius 3 is 2.36 bits per heavy atom. The number of nitrogens with zero attached hydrogens (tertiary/aromatic N) is 1. The van der Waals surface area contributed by atoms with Crippen LogP contribution in [0.25, 0.3) is 0 Å². The number of benzene rings is 2. The van der Waals surface area contributed by atoms with Gasteiger partial charge in [0.05, 0.1) is 6.54 Å². The van der Waals surface area contributed by atoms with Gasteiger partial charge >= 0.3 is 6.03 Å². The summed E-state index contributed by atoms with van der Waals surface area (Å²) in [6, 6.07) is 14.1. The van der Waals surface area contributed by atoms with Crippen LogP contribution in [0.2, 0.25) is 5.02 Å². The van der Waals surface area contributed by atoms with Crippen molar-refractivity contribution in [2.75, 3.05) is 13.2 Å². The maximum Gasteiger partial charge on any atom is 0.325 e. The number of nitrogens with one attached hydrogen (secondary N) is 1. The fraction of sp³-hybridized carbons (Fsp3) is 0.263. The molecule has 1 heterocycles. The van der Waals surface area contributed by atoms with E-state index in [1.165, 1.54) is 4.90 Å². The molecule has 3 amide bonds. The summed E-state index contributed by atoms with van der Waals surface area (Å²) in [6.07, 6.45) is 0. The van der Waals surface area contributed by atoms with Gasteiger partial charge in [-0.2, -0.15) is 0 Å². The zero-order valence-electron chi connectivity index (χ0n) is 14.1. The van der Waals surface area contributed by atoms with Crippen LogP contribution in [0, 0.1) is 6.92 Å². The number of amides is 3. The second-order valence-electron chi connectivity index (χ2n) is 6.18. The first kappa shape index (κ1) is 17.3. The predicted molar refractivity (Wildman–Crippen MR) is 95.7 cm³/mol. The molecule has 0 aromatic heterocycles. The lowest BCUT2D eigenvalue weighted by Crippen LogP contribution is -2.41. The quantitative estimate of drug-likeness (QED) is 0.832. The number of carbonyl (C=O) groups excluding carboxylic acids is 2. The minimum Gasteiger partial charge on any atom is -0.492 e. The van der Waals surface area contributed by atoms with Gasteiger partial charge in [-0.3, -0.25) is 9.69 Å². The van der Waals surface area contributed by atoms with Crippen molar-refractivity contribution in [1.82, 2.24) is 10.2 Å². The van der Waals surface area contributed by atoms with Crippen LogP contribution in [-0.4, -0.2) is 30.0 Å². The van der Waals surface area contributed by atoms with Crippen molar-refractivity contribution < 1.29 is 14.3 Å². The van der Waals surface area contributed by atoms with Crippen molar-refractivity contribution in [3.05, 3.63) is 64.7 Å². The molecule has 1 fully saturated rings. The van der Waals surface area contributed by atoms with E-state index >= 15 is 0 Å². The first-order valence-corrected chi connectivity index (χ1v) is 8.37. The number of ether oxygens (including phenoxy) is 1. The van der Waals surface area contributed by atoms with Crippen molar-refractivity contribution in [3.8, 4) is 5.75 Å². The Morgan fingerprint density at radius 2 is 1.72 bits per heavy atom. The molecule has 6 heteroatoms. The molecule has 1 aliphatic heterocycles. The van der Waals surface area contributed by atoms with E-state index < -0.39 is 11.6 Å². The monoisotopic (exact) mass is 358 g/mol. The van der Waals surface area contributed by atoms with Gasteiger partial charge in [0.2, 0.25) is 0 Å². The Bertz CT molecular complexity index is 789. The summed E-state index contributed by atoms with van der Waals surface area (Å²) in [7, 11) is 0. The van der Waals surface area contributed by atoms with Crippen molar-refractivity contribution in [2.24, 2.45) is 0 Å². The van der Waals surface area contributed by atoms with E-state index in [0.717, 1.165) is 11.1 Å². The number of hydrogen-bond acceptors (Lipinski definition) is 3. The second kappa shape index (κ2) is 6.76. The van der Waals surface area contributed by atoms with Crippen LogP contribution < -0.4 is 10.1 Å². The van der Waals surface area contributed by atoms with Crippen molar-refractivity contribution in [2.45, 2.75) is 19.4 Å². The molecule has 130 valence electrons. The third-order valence-electron chi connectivity index (χ3n) is 4.30. The van der Waals surface area contributed by atoms with E-state index in [1.54, 1.807) is 31.2 Å². The van der Waals surface area contributed by atoms with Gasteiger partial charge in [-0.05, 0) is 43.7 Å². The standard InChI is InChI=1S/C19H19ClN2O3/c1-13-3-5-14(6-4-13)19(2)17(23)22(18(24)21-19)11-12-25-16-9-7-15(20)8-10-16/h3-10H,11-12H2,1-2H3,(H,21,24)/t19-/m0/s1. The van der Waals surface area contributed by atoms with Crippen LogP contribution in [-0.2, 0) is 10.3 Å². The normalized spacial score (nSPS) is 19.9. The maximum atomic E-state index is 12.8. The van der Waals surface area contributed by atoms with Gasteiger partial charge in [0.1, 0.15) is 17.9 Å². The summed E-state index contributed by atoms with van der Waals surface area (Å²) in [6.45, 7) is 4.08. The SMILES string of the molecule is Cc1ccc([C@]2(C)NC(=O)N(CCOc3ccc(Cl)cc3)C2=O)cc1. The number of carbonyl (C=O) groups is 2. The highest BCUT2D eigenvalue weighted by atomic mass is 35.5. The molecule has 1 atom stereocenters. The lowest BCUT2D eigenvalue weighted by molar-refractivity contribution is -0.131. The Kier molecular flexibility index (Phi) is 4.68. The fourth-order valence-corrected chi connectivity index (χ4v) is 2.89. The Morgan fingerprint density at radius 1 is 1.08 bits per heavy atom. The summed E-state index contributed by atoms with van der Waals surface area (Å²) in [5.41, 5.74) is 0.806. The number of imide groups is 1. The van der Waals surface area contributed by atoms with E-state index in [0.29, 0.717) is 10.8 Å². The highest BCUT2D eigenvalue weighted by molar-refractivity contribution is 6.30. The molecule has 0 radical (unpaired) electrons. The molecule has 0 aliphatic carbocycles. The van der Waals surface area contributed by atoms with E-state index in [1.807, 2.05) is 31.2 Å². The van der Waals surface area contributed by atoms with Crippen molar-refractivity contribution in [3.63, 3.8) is 0 Å². The highest BCUT2D eigenvalue weighted by Crippen LogP contribution is 2.29. The minimum absolute atomic E-state index is 0.175. The molecule has 2 aromatic carbocycles. The zero-order chi connectivity index (χ0) is 18.0. The first-order valence-electron chi connectivity index (χ1n) is 8.00. The van der Waals surface area contributed by atoms with Gasteiger partial charge in [0.25, 0.3) is 5.91 Å². The zero-order valence-corrected chi connectivity index (χ0v) is 14.8. The van der Waals surface area contributed by atoms with Gasteiger partial charge in [-0.25, -0.2) is 4.79 Å². The fourth-order valence-electron chi connectivity index (χ4n) is 2.77.